The Bertz CT molecular complexity index is 490. The van der Waals surface area contributed by atoms with Crippen molar-refractivity contribution in [1.82, 2.24) is 20.0 Å². The standard InChI is InChI=1S/C19H35N5O2.HI/c1-22(2)18(25)14-20-19(21-16-7-12-26-13-8-16)24-11-6-17(15-24)23-9-4-3-5-10-23;/h16-17H,3-15H2,1-2H3,(H,20,21);1H. The molecule has 156 valence electrons. The highest BCUT2D eigenvalue weighted by molar-refractivity contribution is 14.0. The normalized spacial score (nSPS) is 25.2. The number of amides is 1. The first-order chi connectivity index (χ1) is 12.6. The van der Waals surface area contributed by atoms with Crippen LogP contribution in [0, 0.1) is 0 Å². The van der Waals surface area contributed by atoms with Gasteiger partial charge in [-0.05, 0) is 45.2 Å². The molecule has 7 nitrogen and oxygen atoms in total. The lowest BCUT2D eigenvalue weighted by atomic mass is 10.1. The molecule has 0 bridgehead atoms. The number of aliphatic imine (C=N–C) groups is 1. The lowest BCUT2D eigenvalue weighted by Crippen LogP contribution is -2.49. The molecule has 8 heteroatoms. The predicted octanol–water partition coefficient (Wildman–Crippen LogP) is 1.38. The van der Waals surface area contributed by atoms with Gasteiger partial charge in [0.1, 0.15) is 6.54 Å². The summed E-state index contributed by atoms with van der Waals surface area (Å²) >= 11 is 0. The van der Waals surface area contributed by atoms with Gasteiger partial charge in [0.05, 0.1) is 0 Å². The third-order valence-corrected chi connectivity index (χ3v) is 5.79. The minimum absolute atomic E-state index is 0. The zero-order chi connectivity index (χ0) is 18.4. The van der Waals surface area contributed by atoms with Crippen molar-refractivity contribution in [2.75, 3.05) is 60.0 Å². The van der Waals surface area contributed by atoms with E-state index in [1.807, 2.05) is 0 Å². The smallest absolute Gasteiger partial charge is 0.243 e. The molecule has 1 atom stereocenters. The van der Waals surface area contributed by atoms with Crippen molar-refractivity contribution in [3.05, 3.63) is 0 Å². The van der Waals surface area contributed by atoms with E-state index in [4.69, 9.17) is 4.74 Å². The van der Waals surface area contributed by atoms with Gasteiger partial charge < -0.3 is 19.9 Å². The fourth-order valence-electron chi connectivity index (χ4n) is 4.06. The van der Waals surface area contributed by atoms with Gasteiger partial charge in [-0.15, -0.1) is 24.0 Å². The first-order valence-corrected chi connectivity index (χ1v) is 10.2. The number of hydrogen-bond acceptors (Lipinski definition) is 4. The minimum Gasteiger partial charge on any atom is -0.381 e. The minimum atomic E-state index is 0. The van der Waals surface area contributed by atoms with Crippen molar-refractivity contribution in [2.24, 2.45) is 4.99 Å². The number of halogens is 1. The van der Waals surface area contributed by atoms with Crippen molar-refractivity contribution in [3.63, 3.8) is 0 Å². The SMILES string of the molecule is CN(C)C(=O)CN=C(NC1CCOCC1)N1CCC(N2CCCCC2)C1.I. The molecule has 0 aromatic heterocycles. The largest absolute Gasteiger partial charge is 0.381 e. The summed E-state index contributed by atoms with van der Waals surface area (Å²) in [5.74, 6) is 0.953. The van der Waals surface area contributed by atoms with Gasteiger partial charge in [0.2, 0.25) is 5.91 Å². The molecular weight excluding hydrogens is 457 g/mol. The predicted molar refractivity (Wildman–Crippen MR) is 119 cm³/mol. The number of nitrogens with one attached hydrogen (secondary N) is 1. The third kappa shape index (κ3) is 6.74. The van der Waals surface area contributed by atoms with E-state index in [-0.39, 0.29) is 36.4 Å². The number of carbonyl (C=O) groups excluding carboxylic acids is 1. The monoisotopic (exact) mass is 493 g/mol. The average Bonchev–Trinajstić information content (AvgIpc) is 3.16. The van der Waals surface area contributed by atoms with E-state index in [0.717, 1.165) is 45.1 Å². The summed E-state index contributed by atoms with van der Waals surface area (Å²) in [4.78, 5) is 23.3. The number of ether oxygens (including phenoxy) is 1. The Balaban J connectivity index is 0.00000261. The second kappa shape index (κ2) is 11.4. The van der Waals surface area contributed by atoms with Crippen molar-refractivity contribution in [3.8, 4) is 0 Å². The van der Waals surface area contributed by atoms with E-state index >= 15 is 0 Å². The first-order valence-electron chi connectivity index (χ1n) is 10.2. The molecule has 3 aliphatic heterocycles. The Morgan fingerprint density at radius 1 is 1.11 bits per heavy atom. The van der Waals surface area contributed by atoms with Gasteiger partial charge in [-0.2, -0.15) is 0 Å². The van der Waals surface area contributed by atoms with Gasteiger partial charge in [0.25, 0.3) is 0 Å². The summed E-state index contributed by atoms with van der Waals surface area (Å²) < 4.78 is 5.47. The molecule has 3 rings (SSSR count). The van der Waals surface area contributed by atoms with Gasteiger partial charge in [-0.1, -0.05) is 6.42 Å². The molecule has 1 N–H and O–H groups in total. The van der Waals surface area contributed by atoms with Crippen LogP contribution in [0.5, 0.6) is 0 Å². The van der Waals surface area contributed by atoms with E-state index in [2.05, 4.69) is 20.1 Å². The number of nitrogens with zero attached hydrogens (tertiary/aromatic N) is 4. The van der Waals surface area contributed by atoms with Gasteiger partial charge in [0.15, 0.2) is 5.96 Å². The number of carbonyl (C=O) groups is 1. The lowest BCUT2D eigenvalue weighted by Gasteiger charge is -2.33. The number of guanidine groups is 1. The van der Waals surface area contributed by atoms with Gasteiger partial charge >= 0.3 is 0 Å². The third-order valence-electron chi connectivity index (χ3n) is 5.79. The summed E-state index contributed by atoms with van der Waals surface area (Å²) in [5, 5.41) is 3.62. The Kier molecular flexibility index (Phi) is 9.58. The van der Waals surface area contributed by atoms with E-state index in [1.54, 1.807) is 19.0 Å². The van der Waals surface area contributed by atoms with Crippen LogP contribution in [0.4, 0.5) is 0 Å². The molecule has 0 aliphatic carbocycles. The highest BCUT2D eigenvalue weighted by Gasteiger charge is 2.31. The second-order valence-electron chi connectivity index (χ2n) is 7.94. The van der Waals surface area contributed by atoms with E-state index < -0.39 is 0 Å². The summed E-state index contributed by atoms with van der Waals surface area (Å²) in [7, 11) is 3.57. The molecule has 0 saturated carbocycles. The quantitative estimate of drug-likeness (QED) is 0.365. The van der Waals surface area contributed by atoms with Crippen LogP contribution in [-0.2, 0) is 9.53 Å². The number of rotatable bonds is 4. The zero-order valence-corrected chi connectivity index (χ0v) is 19.2. The van der Waals surface area contributed by atoms with E-state index in [1.165, 1.54) is 38.8 Å². The molecule has 3 aliphatic rings. The van der Waals surface area contributed by atoms with Gasteiger partial charge in [-0.3, -0.25) is 9.69 Å². The summed E-state index contributed by atoms with van der Waals surface area (Å²) in [6.45, 7) is 6.33. The first kappa shape index (κ1) is 22.7. The zero-order valence-electron chi connectivity index (χ0n) is 16.9. The maximum absolute atomic E-state index is 12.0. The van der Waals surface area contributed by atoms with Crippen LogP contribution in [0.2, 0.25) is 0 Å². The van der Waals surface area contributed by atoms with Crippen LogP contribution in [0.1, 0.15) is 38.5 Å². The topological polar surface area (TPSA) is 60.4 Å². The number of likely N-dealkylation sites (N-methyl/N-ethyl adjacent to an activating group) is 1. The molecule has 1 unspecified atom stereocenters. The number of likely N-dealkylation sites (tertiary alicyclic amines) is 2. The molecule has 3 fully saturated rings. The molecule has 3 saturated heterocycles. The second-order valence-corrected chi connectivity index (χ2v) is 7.94. The number of piperidine rings is 1. The van der Waals surface area contributed by atoms with Crippen molar-refractivity contribution in [2.45, 2.75) is 50.6 Å². The van der Waals surface area contributed by atoms with Crippen LogP contribution in [0.3, 0.4) is 0 Å². The maximum atomic E-state index is 12.0. The van der Waals surface area contributed by atoms with Crippen LogP contribution in [0.15, 0.2) is 4.99 Å². The summed E-state index contributed by atoms with van der Waals surface area (Å²) in [6, 6.07) is 1.02. The highest BCUT2D eigenvalue weighted by Crippen LogP contribution is 2.20. The van der Waals surface area contributed by atoms with Crippen molar-refractivity contribution < 1.29 is 9.53 Å². The number of hydrogen-bond donors (Lipinski definition) is 1. The summed E-state index contributed by atoms with van der Waals surface area (Å²) in [5.41, 5.74) is 0. The molecule has 3 heterocycles. The maximum Gasteiger partial charge on any atom is 0.243 e. The molecule has 1 amide bonds. The molecule has 0 aromatic carbocycles. The van der Waals surface area contributed by atoms with Gasteiger partial charge in [-0.25, -0.2) is 4.99 Å². The molecule has 0 radical (unpaired) electrons. The van der Waals surface area contributed by atoms with Crippen LogP contribution in [0.25, 0.3) is 0 Å². The molecule has 27 heavy (non-hydrogen) atoms. The fraction of sp³-hybridized carbons (Fsp3) is 0.895. The van der Waals surface area contributed by atoms with Crippen molar-refractivity contribution >= 4 is 35.8 Å². The fourth-order valence-corrected chi connectivity index (χ4v) is 4.06. The molecular formula is C19H36IN5O2. The lowest BCUT2D eigenvalue weighted by molar-refractivity contribution is -0.127. The average molecular weight is 493 g/mol. The summed E-state index contributed by atoms with van der Waals surface area (Å²) in [6.07, 6.45) is 7.23. The van der Waals surface area contributed by atoms with Crippen LogP contribution < -0.4 is 5.32 Å². The molecule has 0 aromatic rings. The van der Waals surface area contributed by atoms with Crippen LogP contribution in [-0.4, -0.2) is 98.7 Å². The Morgan fingerprint density at radius 2 is 1.81 bits per heavy atom. The Morgan fingerprint density at radius 3 is 2.48 bits per heavy atom. The van der Waals surface area contributed by atoms with Crippen molar-refractivity contribution in [1.29, 1.82) is 0 Å². The van der Waals surface area contributed by atoms with Crippen LogP contribution >= 0.6 is 24.0 Å². The highest BCUT2D eigenvalue weighted by atomic mass is 127. The Labute approximate surface area is 180 Å². The van der Waals surface area contributed by atoms with Gasteiger partial charge in [0, 0.05) is 52.5 Å². The Hall–Kier alpha value is -0.610. The molecule has 0 spiro atoms. The van der Waals surface area contributed by atoms with E-state index in [9.17, 15) is 4.79 Å². The van der Waals surface area contributed by atoms with E-state index in [0.29, 0.717) is 12.1 Å².